The van der Waals surface area contributed by atoms with Crippen LogP contribution in [-0.2, 0) is 18.3 Å². The van der Waals surface area contributed by atoms with E-state index in [-0.39, 0.29) is 23.1 Å². The second kappa shape index (κ2) is 17.3. The number of hydrogen-bond donors (Lipinski definition) is 0. The van der Waals surface area contributed by atoms with E-state index in [1.807, 2.05) is 104 Å². The Hall–Kier alpha value is -3.92. The molecule has 0 heterocycles. The number of rotatable bonds is 18. The fraction of sp³-hybridized carbons (Fsp3) is 0.238. The molecule has 0 radical (unpaired) electrons. The van der Waals surface area contributed by atoms with Crippen molar-refractivity contribution in [1.29, 1.82) is 0 Å². The fourth-order valence-electron chi connectivity index (χ4n) is 6.23. The van der Waals surface area contributed by atoms with Crippen LogP contribution in [0.25, 0.3) is 0 Å². The molecule has 0 N–H and O–H groups in total. The Morgan fingerprint density at radius 2 is 0.840 bits per heavy atom. The molecular weight excluding hydrogens is 659 g/mol. The molecule has 8 heteroatoms. The summed E-state index contributed by atoms with van der Waals surface area (Å²) in [5, 5.41) is 0. The van der Waals surface area contributed by atoms with Crippen LogP contribution in [0.2, 0.25) is 0 Å². The summed E-state index contributed by atoms with van der Waals surface area (Å²) in [6.07, 6.45) is 9.28. The molecule has 0 aliphatic carbocycles. The minimum atomic E-state index is -1.95. The average molecular weight is 707 g/mol. The maximum Gasteiger partial charge on any atom is 0.660 e. The van der Waals surface area contributed by atoms with Gasteiger partial charge in [-0.2, -0.15) is 0 Å². The van der Waals surface area contributed by atoms with E-state index in [9.17, 15) is 9.59 Å². The van der Waals surface area contributed by atoms with E-state index in [1.165, 1.54) is 16.7 Å². The van der Waals surface area contributed by atoms with E-state index in [0.717, 1.165) is 6.42 Å². The van der Waals surface area contributed by atoms with Crippen LogP contribution in [0.1, 0.15) is 50.2 Å². The molecule has 260 valence electrons. The van der Waals surface area contributed by atoms with E-state index in [2.05, 4.69) is 72.8 Å². The molecule has 5 aromatic carbocycles. The molecule has 0 spiro atoms. The first kappa shape index (κ1) is 37.3. The molecule has 0 atom stereocenters. The number of carbonyl (C=O) groups excluding carboxylic acids is 2. The first-order chi connectivity index (χ1) is 24.1. The maximum absolute atomic E-state index is 13.2. The van der Waals surface area contributed by atoms with Gasteiger partial charge >= 0.3 is 7.32 Å². The van der Waals surface area contributed by atoms with Crippen LogP contribution < -0.4 is 0 Å². The monoisotopic (exact) mass is 706 g/mol. The summed E-state index contributed by atoms with van der Waals surface area (Å²) in [6.45, 7) is 0.350. The van der Waals surface area contributed by atoms with E-state index in [1.54, 1.807) is 0 Å². The maximum atomic E-state index is 13.2. The number of ketones is 2. The van der Waals surface area contributed by atoms with Crippen molar-refractivity contribution < 1.29 is 22.4 Å². The van der Waals surface area contributed by atoms with Gasteiger partial charge in [0.15, 0.2) is 11.6 Å². The number of carbonyl (C=O) groups is 2. The highest BCUT2D eigenvalue weighted by Crippen LogP contribution is 2.48. The fourth-order valence-corrected chi connectivity index (χ4v) is 9.05. The summed E-state index contributed by atoms with van der Waals surface area (Å²) in [5.74, 6) is 0.457. The van der Waals surface area contributed by atoms with Gasteiger partial charge in [0, 0.05) is 23.1 Å². The second-order valence-electron chi connectivity index (χ2n) is 13.2. The van der Waals surface area contributed by atoms with Gasteiger partial charge in [0.1, 0.15) is 0 Å². The lowest BCUT2D eigenvalue weighted by molar-refractivity contribution is 0.101. The summed E-state index contributed by atoms with van der Waals surface area (Å²) in [6, 6.07) is 50.4. The summed E-state index contributed by atoms with van der Waals surface area (Å²) >= 11 is 0. The summed E-state index contributed by atoms with van der Waals surface area (Å²) < 4.78 is 19.6. The largest absolute Gasteiger partial charge is 0.660 e. The molecule has 0 fully saturated rings. The molecule has 0 aliphatic rings. The van der Waals surface area contributed by atoms with Crippen LogP contribution >= 0.6 is 20.6 Å². The molecule has 0 aromatic heterocycles. The zero-order valence-electron chi connectivity index (χ0n) is 29.4. The lowest BCUT2D eigenvalue weighted by atomic mass is 9.67. The molecular formula is C42H47BO5S2. The average Bonchev–Trinajstić information content (AvgIpc) is 3.13. The van der Waals surface area contributed by atoms with Gasteiger partial charge in [-0.25, -0.2) is 0 Å². The van der Waals surface area contributed by atoms with Crippen molar-refractivity contribution in [3.63, 3.8) is 0 Å². The Labute approximate surface area is 301 Å². The van der Waals surface area contributed by atoms with Crippen molar-refractivity contribution in [2.75, 3.05) is 43.1 Å². The first-order valence-corrected chi connectivity index (χ1v) is 21.9. The number of Topliss-reactive ketones (excluding diaryl/α,β-unsaturated/α-hetero) is 2. The van der Waals surface area contributed by atoms with Gasteiger partial charge in [-0.05, 0) is 54.6 Å². The number of benzene rings is 5. The Kier molecular flexibility index (Phi) is 13.0. The normalized spacial score (nSPS) is 12.6. The van der Waals surface area contributed by atoms with E-state index in [4.69, 9.17) is 12.9 Å². The minimum absolute atomic E-state index is 0.00794. The predicted octanol–water partition coefficient (Wildman–Crippen LogP) is 9.56. The van der Waals surface area contributed by atoms with Gasteiger partial charge in [0.25, 0.3) is 0 Å². The Bertz CT molecular complexity index is 1620. The van der Waals surface area contributed by atoms with Gasteiger partial charge in [-0.1, -0.05) is 152 Å². The van der Waals surface area contributed by atoms with Gasteiger partial charge in [-0.15, -0.1) is 20.6 Å². The highest BCUT2D eigenvalue weighted by Gasteiger charge is 2.38. The highest BCUT2D eigenvalue weighted by molar-refractivity contribution is 8.30. The van der Waals surface area contributed by atoms with E-state index < -0.39 is 33.4 Å². The molecule has 50 heavy (non-hydrogen) atoms. The zero-order chi connectivity index (χ0) is 35.5. The second-order valence-corrected chi connectivity index (χ2v) is 19.9. The van der Waals surface area contributed by atoms with Crippen molar-refractivity contribution in [2.24, 2.45) is 0 Å². The Morgan fingerprint density at radius 1 is 0.520 bits per heavy atom. The minimum Gasteiger partial charge on any atom is -0.385 e. The third-order valence-electron chi connectivity index (χ3n) is 8.58. The van der Waals surface area contributed by atoms with Crippen LogP contribution in [0.3, 0.4) is 0 Å². The predicted molar refractivity (Wildman–Crippen MR) is 212 cm³/mol. The van der Waals surface area contributed by atoms with Gasteiger partial charge in [0.05, 0.1) is 11.5 Å². The smallest absolute Gasteiger partial charge is 0.385 e. The summed E-state index contributed by atoms with van der Waals surface area (Å²) in [7, 11) is -4.94. The lowest BCUT2D eigenvalue weighted by Gasteiger charge is -2.38. The third-order valence-corrected chi connectivity index (χ3v) is 11.8. The quantitative estimate of drug-likeness (QED) is 0.0393. The SMILES string of the molecule is CS(C)(CC(=O)c1ccccc1)OB(OCCCC(c1ccccc1)(c1ccccc1)c1ccccc1)OS(C)(C)CC(=O)c1ccccc1. The highest BCUT2D eigenvalue weighted by atomic mass is 32.3. The van der Waals surface area contributed by atoms with E-state index in [0.29, 0.717) is 24.2 Å². The zero-order valence-corrected chi connectivity index (χ0v) is 31.0. The topological polar surface area (TPSA) is 61.8 Å². The molecule has 0 aliphatic heterocycles. The van der Waals surface area contributed by atoms with Crippen LogP contribution in [-0.4, -0.2) is 62.0 Å². The van der Waals surface area contributed by atoms with Crippen molar-refractivity contribution in [3.8, 4) is 0 Å². The third kappa shape index (κ3) is 10.1. The Balaban J connectivity index is 1.37. The summed E-state index contributed by atoms with van der Waals surface area (Å²) in [5.41, 5.74) is 4.50. The van der Waals surface area contributed by atoms with Gasteiger partial charge in [0.2, 0.25) is 0 Å². The van der Waals surface area contributed by atoms with E-state index >= 15 is 0 Å². The molecule has 5 nitrogen and oxygen atoms in total. The van der Waals surface area contributed by atoms with Crippen LogP contribution in [0.15, 0.2) is 152 Å². The van der Waals surface area contributed by atoms with Crippen molar-refractivity contribution in [3.05, 3.63) is 179 Å². The molecule has 0 saturated carbocycles. The van der Waals surface area contributed by atoms with Crippen LogP contribution in [0.5, 0.6) is 0 Å². The molecule has 0 bridgehead atoms. The molecule has 5 aromatic rings. The summed E-state index contributed by atoms with van der Waals surface area (Å²) in [4.78, 5) is 26.4. The number of hydrogen-bond acceptors (Lipinski definition) is 5. The van der Waals surface area contributed by atoms with Crippen molar-refractivity contribution in [1.82, 2.24) is 0 Å². The van der Waals surface area contributed by atoms with Crippen LogP contribution in [0.4, 0.5) is 0 Å². The Morgan fingerprint density at radius 3 is 1.18 bits per heavy atom. The standard InChI is InChI=1S/C42H47BO5S2/c1-49(2,33-40(44)35-21-10-5-11-22-35)47-43(48-50(3,4)34-41(45)36-23-12-6-13-24-36)46-32-20-31-42(37-25-14-7-15-26-37,38-27-16-8-17-28-38)39-29-18-9-19-30-39/h5-19,21-30H,20,31-34H2,1-4H3. The first-order valence-electron chi connectivity index (χ1n) is 16.8. The van der Waals surface area contributed by atoms with Gasteiger partial charge < -0.3 is 12.9 Å². The van der Waals surface area contributed by atoms with Crippen molar-refractivity contribution >= 4 is 39.5 Å². The lowest BCUT2D eigenvalue weighted by Crippen LogP contribution is -2.34. The molecule has 5 rings (SSSR count). The molecule has 0 amide bonds. The van der Waals surface area contributed by atoms with Crippen LogP contribution in [0, 0.1) is 0 Å². The van der Waals surface area contributed by atoms with Crippen molar-refractivity contribution in [2.45, 2.75) is 18.3 Å². The molecule has 0 saturated heterocycles. The molecule has 0 unspecified atom stereocenters. The van der Waals surface area contributed by atoms with Gasteiger partial charge in [-0.3, -0.25) is 9.59 Å².